The van der Waals surface area contributed by atoms with Crippen molar-refractivity contribution in [1.29, 1.82) is 0 Å². The second-order valence-corrected chi connectivity index (χ2v) is 23.2. The molecule has 0 heterocycles. The molecule has 0 aromatic carbocycles. The molecule has 0 amide bonds. The van der Waals surface area contributed by atoms with Crippen LogP contribution in [0.2, 0.25) is 36.3 Å². The van der Waals surface area contributed by atoms with Gasteiger partial charge in [-0.3, -0.25) is 4.79 Å². The van der Waals surface area contributed by atoms with Crippen LogP contribution >= 0.6 is 0 Å². The number of hydrogen-bond donors (Lipinski definition) is 2. The number of ether oxygens (including phenoxy) is 2. The summed E-state index contributed by atoms with van der Waals surface area (Å²) in [6.07, 6.45) is 8.67. The van der Waals surface area contributed by atoms with Crippen LogP contribution in [0.1, 0.15) is 101 Å². The first-order valence-corrected chi connectivity index (χ1v) is 22.6. The third-order valence-corrected chi connectivity index (χ3v) is 16.6. The Labute approximate surface area is 293 Å². The fraction of sp³-hybridized carbons (Fsp3) is 0.824. The zero-order chi connectivity index (χ0) is 38.9. The lowest BCUT2D eigenvalue weighted by molar-refractivity contribution is -0.193. The van der Waals surface area contributed by atoms with E-state index >= 15 is 0 Å². The van der Waals surface area contributed by atoms with E-state index in [0.717, 1.165) is 25.9 Å². The van der Waals surface area contributed by atoms with Gasteiger partial charge in [0.25, 0.3) is 0 Å². The molecule has 0 aromatic rings. The van der Waals surface area contributed by atoms with E-state index in [1.54, 1.807) is 13.0 Å². The smallest absolute Gasteiger partial charge is 0.373 e. The van der Waals surface area contributed by atoms with Gasteiger partial charge in [-0.25, -0.2) is 4.79 Å². The lowest BCUT2D eigenvalue weighted by Crippen LogP contribution is -2.46. The molecule has 0 saturated heterocycles. The van der Waals surface area contributed by atoms with Crippen molar-refractivity contribution in [3.63, 3.8) is 0 Å². The van der Waals surface area contributed by atoms with E-state index in [-0.39, 0.29) is 40.4 Å². The molecule has 0 saturated carbocycles. The summed E-state index contributed by atoms with van der Waals surface area (Å²) in [5.41, 5.74) is 5.14. The fourth-order valence-electron chi connectivity index (χ4n) is 2.63. The maximum atomic E-state index is 11.7. The second-order valence-electron chi connectivity index (χ2n) is 13.6. The average molecular weight is 723 g/mol. The van der Waals surface area contributed by atoms with Gasteiger partial charge in [0, 0.05) is 18.7 Å². The summed E-state index contributed by atoms with van der Waals surface area (Å²) < 4.78 is 21.9. The summed E-state index contributed by atoms with van der Waals surface area (Å²) in [6, 6.07) is 0.0460. The highest BCUT2D eigenvalue weighted by atomic mass is 28.4. The van der Waals surface area contributed by atoms with E-state index in [2.05, 4.69) is 86.9 Å². The Balaban J connectivity index is -0.000000199. The Morgan fingerprint density at radius 2 is 1.21 bits per heavy atom. The van der Waals surface area contributed by atoms with Gasteiger partial charge in [-0.15, -0.1) is 0 Å². The van der Waals surface area contributed by atoms with Crippen molar-refractivity contribution < 1.29 is 47.1 Å². The molecule has 3 N–H and O–H groups in total. The summed E-state index contributed by atoms with van der Waals surface area (Å²) in [5.74, 6) is -0.452. The molecule has 0 radical (unpaired) electrons. The first kappa shape index (κ1) is 55.1. The maximum Gasteiger partial charge on any atom is 0.373 e. The van der Waals surface area contributed by atoms with Gasteiger partial charge in [-0.2, -0.15) is 19.2 Å². The predicted octanol–water partition coefficient (Wildman–Crippen LogP) is 6.43. The van der Waals surface area contributed by atoms with E-state index in [4.69, 9.17) is 43.2 Å². The zero-order valence-corrected chi connectivity index (χ0v) is 34.7. The van der Waals surface area contributed by atoms with Crippen LogP contribution in [0.15, 0.2) is 12.2 Å². The lowest BCUT2D eigenvalue weighted by Gasteiger charge is -2.37. The number of carbonyl (C=O) groups excluding carboxylic acids is 6. The van der Waals surface area contributed by atoms with E-state index in [1.807, 2.05) is 6.92 Å². The Morgan fingerprint density at radius 1 is 0.771 bits per heavy atom. The lowest BCUT2D eigenvalue weighted by atomic mass is 10.2. The highest BCUT2D eigenvalue weighted by molar-refractivity contribution is 6.74. The number of carbonyl (C=O) groups is 2. The molecule has 0 aliphatic rings. The normalized spacial score (nSPS) is 11.7. The van der Waals surface area contributed by atoms with Crippen LogP contribution in [0.4, 0.5) is 0 Å². The van der Waals surface area contributed by atoms with Crippen molar-refractivity contribution in [2.75, 3.05) is 39.5 Å². The van der Waals surface area contributed by atoms with Crippen molar-refractivity contribution in [3.05, 3.63) is 12.2 Å². The molecule has 0 bridgehead atoms. The third-order valence-electron chi connectivity index (χ3n) is 7.58. The molecule has 0 spiro atoms. The van der Waals surface area contributed by atoms with Crippen molar-refractivity contribution in [1.82, 2.24) is 5.32 Å². The quantitative estimate of drug-likeness (QED) is 0.0729. The molecular formula is C34H70N2O10Si2. The number of unbranched alkanes of at least 4 members (excludes halogenated alkanes) is 2. The maximum absolute atomic E-state index is 11.7. The number of esters is 2. The monoisotopic (exact) mass is 722 g/mol. The third kappa shape index (κ3) is 36.5. The Hall–Kier alpha value is -2.29. The summed E-state index contributed by atoms with van der Waals surface area (Å²) in [6.45, 7) is 33.7. The molecule has 0 aliphatic heterocycles. The minimum Gasteiger partial charge on any atom is -0.466 e. The minimum atomic E-state index is -1.78. The fourth-order valence-corrected chi connectivity index (χ4v) is 4.63. The molecule has 14 heteroatoms. The van der Waals surface area contributed by atoms with E-state index < -0.39 is 16.6 Å². The number of nitrogens with two attached hydrogens (primary N) is 1. The van der Waals surface area contributed by atoms with E-state index in [1.165, 1.54) is 18.9 Å². The molecular weight excluding hydrogens is 653 g/mol. The molecule has 0 aliphatic carbocycles. The summed E-state index contributed by atoms with van der Waals surface area (Å²) in [4.78, 5) is 55.2. The topological polar surface area (TPSA) is 177 Å². The molecule has 284 valence electrons. The van der Waals surface area contributed by atoms with Crippen molar-refractivity contribution >= 4 is 40.9 Å². The summed E-state index contributed by atoms with van der Waals surface area (Å²) in [5, 5.41) is 3.81. The molecule has 1 atom stereocenters. The summed E-state index contributed by atoms with van der Waals surface area (Å²) >= 11 is 0. The van der Waals surface area contributed by atoms with Crippen molar-refractivity contribution in [2.45, 2.75) is 144 Å². The first-order valence-electron chi connectivity index (χ1n) is 16.8. The zero-order valence-electron chi connectivity index (χ0n) is 32.7. The van der Waals surface area contributed by atoms with Crippen LogP contribution in [-0.4, -0.2) is 86.4 Å². The van der Waals surface area contributed by atoms with Crippen LogP contribution < -0.4 is 11.1 Å². The standard InChI is InChI=1S/C16H35NO3Si.C12H24O3Si.C4H11N.2CO2/c1-8-10-11-17-14(12-15(18)19-9-2)13-20-21(6,7)16(3,4)5;1-7-14-11(13)9-8-10-15-16(5,6)12(2,3)4;1-2-3-4-5;2*2-1-3/h14,17H,8-13H2,1-7H3;8-9H,7,10H2,1-6H3;2-5H2,1H3;;/b;9-8+;;;. The van der Waals surface area contributed by atoms with Gasteiger partial charge in [0.2, 0.25) is 0 Å². The number of hydrogen-bond acceptors (Lipinski definition) is 12. The predicted molar refractivity (Wildman–Crippen MR) is 194 cm³/mol. The van der Waals surface area contributed by atoms with Gasteiger partial charge in [0.1, 0.15) is 0 Å². The Kier molecular flexibility index (Phi) is 38.2. The minimum absolute atomic E-state index is 0.0460. The van der Waals surface area contributed by atoms with Gasteiger partial charge >= 0.3 is 24.2 Å². The first-order chi connectivity index (χ1) is 22.1. The Morgan fingerprint density at radius 3 is 1.56 bits per heavy atom. The molecule has 48 heavy (non-hydrogen) atoms. The SMILES string of the molecule is CCCCN.CCCCNC(CO[Si](C)(C)C(C)(C)C)CC(=O)OCC.CCOC(=O)/C=C/CO[Si](C)(C)C(C)(C)C.O=C=O.O=C=O. The number of rotatable bonds is 17. The van der Waals surface area contributed by atoms with Crippen LogP contribution in [0, 0.1) is 0 Å². The molecule has 1 unspecified atom stereocenters. The van der Waals surface area contributed by atoms with Crippen LogP contribution in [0.25, 0.3) is 0 Å². The van der Waals surface area contributed by atoms with Crippen LogP contribution in [0.3, 0.4) is 0 Å². The van der Waals surface area contributed by atoms with Crippen LogP contribution in [0.5, 0.6) is 0 Å². The highest BCUT2D eigenvalue weighted by Gasteiger charge is 2.38. The van der Waals surface area contributed by atoms with E-state index in [9.17, 15) is 9.59 Å². The van der Waals surface area contributed by atoms with Gasteiger partial charge in [0.05, 0.1) is 26.2 Å². The van der Waals surface area contributed by atoms with Crippen LogP contribution in [-0.2, 0) is 47.1 Å². The van der Waals surface area contributed by atoms with Crippen molar-refractivity contribution in [2.24, 2.45) is 5.73 Å². The molecule has 0 rings (SSSR count). The van der Waals surface area contributed by atoms with Crippen molar-refractivity contribution in [3.8, 4) is 0 Å². The van der Waals surface area contributed by atoms with Gasteiger partial charge < -0.3 is 29.4 Å². The second kappa shape index (κ2) is 33.2. The average Bonchev–Trinajstić information content (AvgIpc) is 2.95. The van der Waals surface area contributed by atoms with Gasteiger partial charge in [-0.05, 0) is 76.0 Å². The number of nitrogens with one attached hydrogen (secondary N) is 1. The highest BCUT2D eigenvalue weighted by Crippen LogP contribution is 2.37. The largest absolute Gasteiger partial charge is 0.466 e. The van der Waals surface area contributed by atoms with Gasteiger partial charge in [-0.1, -0.05) is 74.3 Å². The van der Waals surface area contributed by atoms with Gasteiger partial charge in [0.15, 0.2) is 16.6 Å². The van der Waals surface area contributed by atoms with E-state index in [0.29, 0.717) is 32.8 Å². The molecule has 0 fully saturated rings. The Bertz CT molecular complexity index is 873. The summed E-state index contributed by atoms with van der Waals surface area (Å²) in [7, 11) is -3.48. The molecule has 12 nitrogen and oxygen atoms in total. The molecule has 0 aromatic heterocycles.